The van der Waals surface area contributed by atoms with Crippen LogP contribution < -0.4 is 25.1 Å². The molecule has 0 atom stereocenters. The van der Waals surface area contributed by atoms with Crippen LogP contribution in [0.25, 0.3) is 0 Å². The standard InChI is InChI=1S/C23H27N9O4/c1-30-10-12-31(13-11-30)23-27-21(25-17-5-7-18(8-6-17)32(33)34)26-22(28-23)29-24-15-16-4-9-19(35-2)20(14-16)36-3/h4-9,14-15H,10-13H2,1-3H3,(H2,25,26,27,28,29). The molecule has 1 aliphatic heterocycles. The van der Waals surface area contributed by atoms with Crippen LogP contribution in [-0.2, 0) is 0 Å². The van der Waals surface area contributed by atoms with E-state index in [-0.39, 0.29) is 17.6 Å². The molecule has 2 N–H and O–H groups in total. The van der Waals surface area contributed by atoms with Crippen LogP contribution in [0.5, 0.6) is 11.5 Å². The molecule has 1 saturated heterocycles. The van der Waals surface area contributed by atoms with Gasteiger partial charge in [0.2, 0.25) is 17.8 Å². The molecule has 1 fully saturated rings. The summed E-state index contributed by atoms with van der Waals surface area (Å²) in [6.45, 7) is 3.31. The van der Waals surface area contributed by atoms with Crippen molar-refractivity contribution in [1.82, 2.24) is 19.9 Å². The SMILES string of the molecule is COc1ccc(C=NNc2nc(Nc3ccc([N+](=O)[O-])cc3)nc(N3CCN(C)CC3)n2)cc1OC. The Labute approximate surface area is 207 Å². The van der Waals surface area contributed by atoms with Gasteiger partial charge in [-0.3, -0.25) is 10.1 Å². The molecule has 3 aromatic rings. The van der Waals surface area contributed by atoms with E-state index in [0.29, 0.717) is 23.1 Å². The summed E-state index contributed by atoms with van der Waals surface area (Å²) < 4.78 is 10.6. The molecule has 0 radical (unpaired) electrons. The van der Waals surface area contributed by atoms with Gasteiger partial charge >= 0.3 is 0 Å². The highest BCUT2D eigenvalue weighted by atomic mass is 16.6. The van der Waals surface area contributed by atoms with Gasteiger partial charge in [-0.1, -0.05) is 0 Å². The number of nitro benzene ring substituents is 1. The smallest absolute Gasteiger partial charge is 0.269 e. The molecule has 188 valence electrons. The largest absolute Gasteiger partial charge is 0.493 e. The first kappa shape index (κ1) is 24.6. The predicted molar refractivity (Wildman–Crippen MR) is 137 cm³/mol. The maximum absolute atomic E-state index is 10.9. The van der Waals surface area contributed by atoms with E-state index in [2.05, 4.69) is 47.6 Å². The van der Waals surface area contributed by atoms with Crippen LogP contribution in [-0.4, -0.2) is 78.4 Å². The fourth-order valence-electron chi connectivity index (χ4n) is 3.51. The van der Waals surface area contributed by atoms with E-state index >= 15 is 0 Å². The van der Waals surface area contributed by atoms with Gasteiger partial charge in [-0.25, -0.2) is 5.43 Å². The molecule has 13 nitrogen and oxygen atoms in total. The topological polar surface area (TPSA) is 143 Å². The Kier molecular flexibility index (Phi) is 7.70. The molecular formula is C23H27N9O4. The molecule has 0 bridgehead atoms. The number of nitro groups is 1. The van der Waals surface area contributed by atoms with E-state index in [0.717, 1.165) is 31.7 Å². The van der Waals surface area contributed by atoms with Gasteiger partial charge in [-0.05, 0) is 42.9 Å². The summed E-state index contributed by atoms with van der Waals surface area (Å²) in [5.74, 6) is 2.26. The van der Waals surface area contributed by atoms with Crippen molar-refractivity contribution >= 4 is 35.4 Å². The van der Waals surface area contributed by atoms with Gasteiger partial charge in [0.25, 0.3) is 5.69 Å². The highest BCUT2D eigenvalue weighted by molar-refractivity contribution is 5.81. The fourth-order valence-corrected chi connectivity index (χ4v) is 3.51. The third kappa shape index (κ3) is 6.13. The molecule has 2 aromatic carbocycles. The Hall–Kier alpha value is -4.52. The number of methoxy groups -OCH3 is 2. The lowest BCUT2D eigenvalue weighted by Crippen LogP contribution is -2.45. The number of piperazine rings is 1. The zero-order chi connectivity index (χ0) is 25.5. The first-order chi connectivity index (χ1) is 17.4. The summed E-state index contributed by atoms with van der Waals surface area (Å²) in [6.07, 6.45) is 1.62. The van der Waals surface area contributed by atoms with Crippen molar-refractivity contribution in [3.8, 4) is 11.5 Å². The maximum Gasteiger partial charge on any atom is 0.269 e. The van der Waals surface area contributed by atoms with Crippen LogP contribution >= 0.6 is 0 Å². The molecule has 36 heavy (non-hydrogen) atoms. The Morgan fingerprint density at radius 2 is 1.67 bits per heavy atom. The van der Waals surface area contributed by atoms with Gasteiger partial charge in [0.1, 0.15) is 0 Å². The zero-order valence-electron chi connectivity index (χ0n) is 20.2. The number of nitrogens with one attached hydrogen (secondary N) is 2. The van der Waals surface area contributed by atoms with Gasteiger partial charge in [-0.2, -0.15) is 20.1 Å². The summed E-state index contributed by atoms with van der Waals surface area (Å²) in [7, 11) is 5.22. The molecule has 4 rings (SSSR count). The first-order valence-electron chi connectivity index (χ1n) is 11.2. The summed E-state index contributed by atoms with van der Waals surface area (Å²) in [5, 5.41) is 18.3. The van der Waals surface area contributed by atoms with E-state index in [1.807, 2.05) is 6.07 Å². The number of rotatable bonds is 9. The number of non-ortho nitro benzene ring substituents is 1. The molecule has 2 heterocycles. The lowest BCUT2D eigenvalue weighted by atomic mass is 10.2. The number of benzene rings is 2. The summed E-state index contributed by atoms with van der Waals surface area (Å²) in [6, 6.07) is 11.5. The first-order valence-corrected chi connectivity index (χ1v) is 11.2. The monoisotopic (exact) mass is 493 g/mol. The minimum atomic E-state index is -0.448. The van der Waals surface area contributed by atoms with Crippen molar-refractivity contribution in [1.29, 1.82) is 0 Å². The van der Waals surface area contributed by atoms with Crippen molar-refractivity contribution in [3.63, 3.8) is 0 Å². The van der Waals surface area contributed by atoms with Crippen LogP contribution in [0.2, 0.25) is 0 Å². The Balaban J connectivity index is 1.56. The van der Waals surface area contributed by atoms with E-state index in [4.69, 9.17) is 9.47 Å². The molecular weight excluding hydrogens is 466 g/mol. The van der Waals surface area contributed by atoms with Crippen LogP contribution in [0.15, 0.2) is 47.6 Å². The lowest BCUT2D eigenvalue weighted by Gasteiger charge is -2.32. The second-order valence-electron chi connectivity index (χ2n) is 7.99. The van der Waals surface area contributed by atoms with Crippen LogP contribution in [0.3, 0.4) is 0 Å². The Morgan fingerprint density at radius 3 is 2.33 bits per heavy atom. The van der Waals surface area contributed by atoms with E-state index < -0.39 is 4.92 Å². The number of aromatic nitrogens is 3. The molecule has 0 saturated carbocycles. The number of likely N-dealkylation sites (N-methyl/N-ethyl adjacent to an activating group) is 1. The van der Waals surface area contributed by atoms with Crippen molar-refractivity contribution in [2.45, 2.75) is 0 Å². The third-order valence-corrected chi connectivity index (χ3v) is 5.53. The van der Waals surface area contributed by atoms with E-state index in [9.17, 15) is 10.1 Å². The number of hydrogen-bond acceptors (Lipinski definition) is 12. The van der Waals surface area contributed by atoms with Crippen molar-refractivity contribution < 1.29 is 14.4 Å². The molecule has 13 heteroatoms. The highest BCUT2D eigenvalue weighted by Gasteiger charge is 2.19. The normalized spacial score (nSPS) is 14.0. The number of hydrazone groups is 1. The molecule has 0 amide bonds. The number of anilines is 4. The second kappa shape index (κ2) is 11.3. The van der Waals surface area contributed by atoms with Gasteiger partial charge in [0.05, 0.1) is 25.4 Å². The van der Waals surface area contributed by atoms with Crippen molar-refractivity contribution in [2.24, 2.45) is 5.10 Å². The van der Waals surface area contributed by atoms with Crippen LogP contribution in [0, 0.1) is 10.1 Å². The predicted octanol–water partition coefficient (Wildman–Crippen LogP) is 2.74. The average Bonchev–Trinajstić information content (AvgIpc) is 2.89. The number of nitrogens with zero attached hydrogens (tertiary/aromatic N) is 7. The lowest BCUT2D eigenvalue weighted by molar-refractivity contribution is -0.384. The average molecular weight is 494 g/mol. The molecule has 1 aromatic heterocycles. The summed E-state index contributed by atoms with van der Waals surface area (Å²) >= 11 is 0. The van der Waals surface area contributed by atoms with Crippen molar-refractivity contribution in [2.75, 3.05) is 63.1 Å². The molecule has 0 spiro atoms. The number of hydrogen-bond donors (Lipinski definition) is 2. The molecule has 0 unspecified atom stereocenters. The minimum Gasteiger partial charge on any atom is -0.493 e. The molecule has 0 aliphatic carbocycles. The fraction of sp³-hybridized carbons (Fsp3) is 0.304. The van der Waals surface area contributed by atoms with E-state index in [1.165, 1.54) is 12.1 Å². The van der Waals surface area contributed by atoms with Gasteiger partial charge < -0.3 is 24.6 Å². The Morgan fingerprint density at radius 1 is 0.972 bits per heavy atom. The third-order valence-electron chi connectivity index (χ3n) is 5.53. The summed E-state index contributed by atoms with van der Waals surface area (Å²) in [4.78, 5) is 28.3. The van der Waals surface area contributed by atoms with Gasteiger partial charge in [0.15, 0.2) is 11.5 Å². The minimum absolute atomic E-state index is 0.00109. The van der Waals surface area contributed by atoms with Crippen LogP contribution in [0.1, 0.15) is 5.56 Å². The second-order valence-corrected chi connectivity index (χ2v) is 7.99. The highest BCUT2D eigenvalue weighted by Crippen LogP contribution is 2.27. The van der Waals surface area contributed by atoms with Crippen molar-refractivity contribution in [3.05, 3.63) is 58.1 Å². The van der Waals surface area contributed by atoms with Gasteiger partial charge in [-0.15, -0.1) is 0 Å². The van der Waals surface area contributed by atoms with E-state index in [1.54, 1.807) is 44.7 Å². The number of ether oxygens (including phenoxy) is 2. The molecule has 1 aliphatic rings. The Bertz CT molecular complexity index is 1230. The van der Waals surface area contributed by atoms with Crippen LogP contribution in [0.4, 0.5) is 29.2 Å². The zero-order valence-corrected chi connectivity index (χ0v) is 20.2. The maximum atomic E-state index is 10.9. The summed E-state index contributed by atoms with van der Waals surface area (Å²) in [5.41, 5.74) is 4.26. The quantitative estimate of drug-likeness (QED) is 0.258. The van der Waals surface area contributed by atoms with Gasteiger partial charge in [0, 0.05) is 44.0 Å².